The number of ether oxygens (including phenoxy) is 3. The number of carbonyl (C=O) groups excluding carboxylic acids is 1. The van der Waals surface area contributed by atoms with Crippen LogP contribution in [0.1, 0.15) is 25.3 Å². The van der Waals surface area contributed by atoms with Crippen molar-refractivity contribution < 1.29 is 19.0 Å². The van der Waals surface area contributed by atoms with E-state index in [9.17, 15) is 4.79 Å². The molecule has 2 rings (SSSR count). The number of hydrogen-bond acceptors (Lipinski definition) is 5. The van der Waals surface area contributed by atoms with Gasteiger partial charge >= 0.3 is 0 Å². The first-order valence-corrected chi connectivity index (χ1v) is 8.38. The predicted octanol–water partition coefficient (Wildman–Crippen LogP) is 1.76. The monoisotopic (exact) mass is 336 g/mol. The average molecular weight is 336 g/mol. The second-order valence-corrected chi connectivity index (χ2v) is 6.14. The predicted molar refractivity (Wildman–Crippen MR) is 93.0 cm³/mol. The van der Waals surface area contributed by atoms with E-state index in [0.717, 1.165) is 25.1 Å². The fraction of sp³-hybridized carbons (Fsp3) is 0.611. The SMILES string of the molecule is COc1ccc(CCC(=O)NC2CCNCC2C)c(OC)c1OC. The zero-order valence-corrected chi connectivity index (χ0v) is 15.0. The second kappa shape index (κ2) is 8.78. The second-order valence-electron chi connectivity index (χ2n) is 6.14. The fourth-order valence-electron chi connectivity index (χ4n) is 3.12. The highest BCUT2D eigenvalue weighted by molar-refractivity contribution is 5.76. The summed E-state index contributed by atoms with van der Waals surface area (Å²) in [4.78, 5) is 12.3. The highest BCUT2D eigenvalue weighted by Crippen LogP contribution is 2.40. The minimum atomic E-state index is 0.0746. The molecule has 6 nitrogen and oxygen atoms in total. The molecule has 0 bridgehead atoms. The Balaban J connectivity index is 1.99. The quantitative estimate of drug-likeness (QED) is 0.794. The largest absolute Gasteiger partial charge is 0.493 e. The van der Waals surface area contributed by atoms with E-state index in [-0.39, 0.29) is 11.9 Å². The Hall–Kier alpha value is -1.95. The van der Waals surface area contributed by atoms with Crippen molar-refractivity contribution in [3.8, 4) is 17.2 Å². The Labute approximate surface area is 143 Å². The van der Waals surface area contributed by atoms with E-state index in [1.54, 1.807) is 21.3 Å². The number of carbonyl (C=O) groups is 1. The first kappa shape index (κ1) is 18.4. The number of piperidine rings is 1. The molecule has 1 heterocycles. The van der Waals surface area contributed by atoms with Crippen molar-refractivity contribution in [2.24, 2.45) is 5.92 Å². The van der Waals surface area contributed by atoms with E-state index in [1.807, 2.05) is 12.1 Å². The molecule has 24 heavy (non-hydrogen) atoms. The molecule has 1 fully saturated rings. The van der Waals surface area contributed by atoms with Crippen molar-refractivity contribution in [1.82, 2.24) is 10.6 Å². The van der Waals surface area contributed by atoms with E-state index >= 15 is 0 Å². The van der Waals surface area contributed by atoms with Crippen LogP contribution in [0.5, 0.6) is 17.2 Å². The Morgan fingerprint density at radius 3 is 2.58 bits per heavy atom. The average Bonchev–Trinajstić information content (AvgIpc) is 2.60. The first-order valence-electron chi connectivity index (χ1n) is 8.38. The highest BCUT2D eigenvalue weighted by Gasteiger charge is 2.23. The number of methoxy groups -OCH3 is 3. The summed E-state index contributed by atoms with van der Waals surface area (Å²) in [5, 5.41) is 6.49. The molecule has 1 aromatic carbocycles. The van der Waals surface area contributed by atoms with Crippen molar-refractivity contribution in [3.05, 3.63) is 17.7 Å². The van der Waals surface area contributed by atoms with Gasteiger partial charge < -0.3 is 24.8 Å². The zero-order valence-electron chi connectivity index (χ0n) is 15.0. The van der Waals surface area contributed by atoms with Gasteiger partial charge in [-0.15, -0.1) is 0 Å². The topological polar surface area (TPSA) is 68.8 Å². The van der Waals surface area contributed by atoms with Gasteiger partial charge in [0, 0.05) is 12.5 Å². The molecule has 2 unspecified atom stereocenters. The highest BCUT2D eigenvalue weighted by atomic mass is 16.5. The van der Waals surface area contributed by atoms with Gasteiger partial charge in [-0.3, -0.25) is 4.79 Å². The maximum atomic E-state index is 12.3. The van der Waals surface area contributed by atoms with E-state index in [1.165, 1.54) is 0 Å². The van der Waals surface area contributed by atoms with Gasteiger partial charge in [-0.25, -0.2) is 0 Å². The number of rotatable bonds is 7. The van der Waals surface area contributed by atoms with Gasteiger partial charge in [0.2, 0.25) is 11.7 Å². The molecule has 6 heteroatoms. The molecule has 2 N–H and O–H groups in total. The minimum absolute atomic E-state index is 0.0746. The molecule has 1 aliphatic rings. The number of hydrogen-bond donors (Lipinski definition) is 2. The summed E-state index contributed by atoms with van der Waals surface area (Å²) in [7, 11) is 4.76. The van der Waals surface area contributed by atoms with Gasteiger partial charge in [0.1, 0.15) is 0 Å². The van der Waals surface area contributed by atoms with Crippen LogP contribution in [-0.2, 0) is 11.2 Å². The molecule has 1 saturated heterocycles. The van der Waals surface area contributed by atoms with Crippen LogP contribution < -0.4 is 24.8 Å². The third kappa shape index (κ3) is 4.32. The molecule has 134 valence electrons. The maximum absolute atomic E-state index is 12.3. The fourth-order valence-corrected chi connectivity index (χ4v) is 3.12. The normalized spacial score (nSPS) is 20.3. The van der Waals surface area contributed by atoms with Crippen molar-refractivity contribution in [3.63, 3.8) is 0 Å². The van der Waals surface area contributed by atoms with Crippen LogP contribution in [0.2, 0.25) is 0 Å². The van der Waals surface area contributed by atoms with E-state index < -0.39 is 0 Å². The number of aryl methyl sites for hydroxylation is 1. The minimum Gasteiger partial charge on any atom is -0.493 e. The Bertz CT molecular complexity index is 562. The summed E-state index contributed by atoms with van der Waals surface area (Å²) in [6, 6.07) is 4.01. The number of benzene rings is 1. The van der Waals surface area contributed by atoms with Crippen LogP contribution >= 0.6 is 0 Å². The van der Waals surface area contributed by atoms with Crippen LogP contribution in [0.25, 0.3) is 0 Å². The Kier molecular flexibility index (Phi) is 6.73. The van der Waals surface area contributed by atoms with Crippen molar-refractivity contribution >= 4 is 5.91 Å². The smallest absolute Gasteiger partial charge is 0.220 e. The zero-order chi connectivity index (χ0) is 17.5. The van der Waals surface area contributed by atoms with Crippen LogP contribution in [-0.4, -0.2) is 46.4 Å². The van der Waals surface area contributed by atoms with Crippen molar-refractivity contribution in [2.45, 2.75) is 32.2 Å². The molecule has 1 aliphatic heterocycles. The molecule has 0 spiro atoms. The molecule has 0 aromatic heterocycles. The summed E-state index contributed by atoms with van der Waals surface area (Å²) >= 11 is 0. The summed E-state index contributed by atoms with van der Waals surface area (Å²) in [6.45, 7) is 4.07. The lowest BCUT2D eigenvalue weighted by Gasteiger charge is -2.30. The molecule has 0 aliphatic carbocycles. The van der Waals surface area contributed by atoms with Crippen LogP contribution in [0, 0.1) is 5.92 Å². The van der Waals surface area contributed by atoms with E-state index in [4.69, 9.17) is 14.2 Å². The molecule has 2 atom stereocenters. The lowest BCUT2D eigenvalue weighted by molar-refractivity contribution is -0.122. The summed E-state index contributed by atoms with van der Waals surface area (Å²) in [5.41, 5.74) is 0.934. The van der Waals surface area contributed by atoms with Gasteiger partial charge in [-0.1, -0.05) is 13.0 Å². The molecule has 0 saturated carbocycles. The molecule has 1 amide bonds. The van der Waals surface area contributed by atoms with Gasteiger partial charge in [0.25, 0.3) is 0 Å². The van der Waals surface area contributed by atoms with Crippen LogP contribution in [0.3, 0.4) is 0 Å². The molecular formula is C18H28N2O4. The summed E-state index contributed by atoms with van der Waals surface area (Å²) in [6.07, 6.45) is 1.99. The number of amides is 1. The Morgan fingerprint density at radius 1 is 1.21 bits per heavy atom. The maximum Gasteiger partial charge on any atom is 0.220 e. The van der Waals surface area contributed by atoms with E-state index in [0.29, 0.717) is 36.0 Å². The Morgan fingerprint density at radius 2 is 1.96 bits per heavy atom. The van der Waals surface area contributed by atoms with E-state index in [2.05, 4.69) is 17.6 Å². The lowest BCUT2D eigenvalue weighted by Crippen LogP contribution is -2.48. The third-order valence-electron chi connectivity index (χ3n) is 4.54. The lowest BCUT2D eigenvalue weighted by atomic mass is 9.95. The standard InChI is InChI=1S/C18H28N2O4/c1-12-11-19-10-9-14(12)20-16(21)8-6-13-5-7-15(22-2)18(24-4)17(13)23-3/h5,7,12,14,19H,6,8-11H2,1-4H3,(H,20,21). The van der Waals surface area contributed by atoms with Crippen LogP contribution in [0.15, 0.2) is 12.1 Å². The van der Waals surface area contributed by atoms with Crippen molar-refractivity contribution in [2.75, 3.05) is 34.4 Å². The first-order chi connectivity index (χ1) is 11.6. The van der Waals surface area contributed by atoms with Crippen molar-refractivity contribution in [1.29, 1.82) is 0 Å². The van der Waals surface area contributed by atoms with Gasteiger partial charge in [-0.2, -0.15) is 0 Å². The molecular weight excluding hydrogens is 308 g/mol. The molecule has 0 radical (unpaired) electrons. The molecule has 1 aromatic rings. The third-order valence-corrected chi connectivity index (χ3v) is 4.54. The van der Waals surface area contributed by atoms with Gasteiger partial charge in [0.05, 0.1) is 21.3 Å². The summed E-state index contributed by atoms with van der Waals surface area (Å²) in [5.74, 6) is 2.33. The number of nitrogens with one attached hydrogen (secondary N) is 2. The van der Waals surface area contributed by atoms with Gasteiger partial charge in [-0.05, 0) is 43.5 Å². The van der Waals surface area contributed by atoms with Gasteiger partial charge in [0.15, 0.2) is 11.5 Å². The summed E-state index contributed by atoms with van der Waals surface area (Å²) < 4.78 is 16.1. The van der Waals surface area contributed by atoms with Crippen LogP contribution in [0.4, 0.5) is 0 Å².